The first-order valence-corrected chi connectivity index (χ1v) is 10.7. The van der Waals surface area contributed by atoms with Crippen LogP contribution in [0.15, 0.2) is 30.3 Å². The molecule has 0 aliphatic carbocycles. The Morgan fingerprint density at radius 1 is 1.21 bits per heavy atom. The average Bonchev–Trinajstić information content (AvgIpc) is 3.28. The molecule has 1 aromatic carbocycles. The molecule has 3 amide bonds. The van der Waals surface area contributed by atoms with Crippen LogP contribution in [0, 0.1) is 0 Å². The maximum absolute atomic E-state index is 12.6. The summed E-state index contributed by atoms with van der Waals surface area (Å²) in [5.74, 6) is 1.00. The van der Waals surface area contributed by atoms with Crippen LogP contribution in [0.2, 0.25) is 0 Å². The topological polar surface area (TPSA) is 69.7 Å². The highest BCUT2D eigenvalue weighted by Gasteiger charge is 2.35. The first-order chi connectivity index (χ1) is 13.2. The Labute approximate surface area is 170 Å². The monoisotopic (exact) mass is 401 g/mol. The zero-order chi connectivity index (χ0) is 20.3. The van der Waals surface area contributed by atoms with Gasteiger partial charge in [0.2, 0.25) is 17.7 Å². The lowest BCUT2D eigenvalue weighted by molar-refractivity contribution is -0.135. The molecule has 1 N–H and O–H groups in total. The summed E-state index contributed by atoms with van der Waals surface area (Å²) in [5, 5.41) is 2.95. The van der Waals surface area contributed by atoms with Crippen molar-refractivity contribution in [1.82, 2.24) is 10.2 Å². The van der Waals surface area contributed by atoms with Crippen LogP contribution in [0.25, 0.3) is 6.08 Å². The Balaban J connectivity index is 1.62. The first kappa shape index (κ1) is 20.5. The Morgan fingerprint density at radius 2 is 1.93 bits per heavy atom. The molecule has 7 heteroatoms. The molecule has 2 saturated heterocycles. The van der Waals surface area contributed by atoms with Gasteiger partial charge in [-0.25, -0.2) is 0 Å². The smallest absolute Gasteiger partial charge is 0.247 e. The molecule has 3 rings (SSSR count). The van der Waals surface area contributed by atoms with Crippen LogP contribution >= 0.6 is 11.8 Å². The summed E-state index contributed by atoms with van der Waals surface area (Å²) in [7, 11) is 0. The van der Waals surface area contributed by atoms with E-state index in [0.29, 0.717) is 18.1 Å². The predicted molar refractivity (Wildman–Crippen MR) is 113 cm³/mol. The molecular formula is C21H27N3O3S. The number of carbonyl (C=O) groups excluding carboxylic acids is 3. The third-order valence-corrected chi connectivity index (χ3v) is 5.67. The second-order valence-corrected chi connectivity index (χ2v) is 9.14. The molecule has 28 heavy (non-hydrogen) atoms. The van der Waals surface area contributed by atoms with E-state index in [9.17, 15) is 14.4 Å². The van der Waals surface area contributed by atoms with E-state index >= 15 is 0 Å². The van der Waals surface area contributed by atoms with Gasteiger partial charge in [-0.2, -0.15) is 0 Å². The third-order valence-electron chi connectivity index (χ3n) is 4.66. The zero-order valence-corrected chi connectivity index (χ0v) is 17.4. The molecule has 0 bridgehead atoms. The van der Waals surface area contributed by atoms with Gasteiger partial charge in [0.1, 0.15) is 6.04 Å². The molecule has 2 fully saturated rings. The summed E-state index contributed by atoms with van der Waals surface area (Å²) in [4.78, 5) is 40.3. The van der Waals surface area contributed by atoms with E-state index in [1.165, 1.54) is 6.08 Å². The minimum Gasteiger partial charge on any atom is -0.350 e. The number of hydrogen-bond donors (Lipinski definition) is 1. The number of hydrogen-bond acceptors (Lipinski definition) is 4. The Bertz CT molecular complexity index is 783. The summed E-state index contributed by atoms with van der Waals surface area (Å²) < 4.78 is 0. The molecule has 1 aromatic rings. The highest BCUT2D eigenvalue weighted by atomic mass is 32.2. The van der Waals surface area contributed by atoms with Crippen molar-refractivity contribution in [2.45, 2.75) is 45.2 Å². The lowest BCUT2D eigenvalue weighted by Gasteiger charge is -2.27. The summed E-state index contributed by atoms with van der Waals surface area (Å²) in [6.45, 7) is 6.55. The SMILES string of the molecule is CC(C)(C)NC(=O)C1CSCN1C(=O)/C=C/c1ccc(N2CCCC2=O)cc1. The van der Waals surface area contributed by atoms with E-state index in [0.717, 1.165) is 24.2 Å². The molecule has 1 unspecified atom stereocenters. The summed E-state index contributed by atoms with van der Waals surface area (Å²) >= 11 is 1.58. The summed E-state index contributed by atoms with van der Waals surface area (Å²) in [6, 6.07) is 7.16. The van der Waals surface area contributed by atoms with Crippen LogP contribution < -0.4 is 10.2 Å². The van der Waals surface area contributed by atoms with Gasteiger partial charge in [0.05, 0.1) is 5.88 Å². The number of thioether (sulfide) groups is 1. The molecule has 150 valence electrons. The molecule has 0 spiro atoms. The van der Waals surface area contributed by atoms with Gasteiger partial charge in [-0.15, -0.1) is 11.8 Å². The predicted octanol–water partition coefficient (Wildman–Crippen LogP) is 2.64. The summed E-state index contributed by atoms with van der Waals surface area (Å²) in [5.41, 5.74) is 1.44. The van der Waals surface area contributed by atoms with E-state index in [4.69, 9.17) is 0 Å². The average molecular weight is 402 g/mol. The molecule has 0 radical (unpaired) electrons. The van der Waals surface area contributed by atoms with Crippen molar-refractivity contribution in [3.8, 4) is 0 Å². The van der Waals surface area contributed by atoms with Gasteiger partial charge in [-0.05, 0) is 51.0 Å². The van der Waals surface area contributed by atoms with Crippen LogP contribution in [0.3, 0.4) is 0 Å². The van der Waals surface area contributed by atoms with Gasteiger partial charge in [-0.3, -0.25) is 14.4 Å². The standard InChI is InChI=1S/C21H27N3O3S/c1-21(2,3)22-20(27)17-13-28-14-24(17)19(26)11-8-15-6-9-16(10-7-15)23-12-4-5-18(23)25/h6-11,17H,4-5,12-14H2,1-3H3,(H,22,27)/b11-8+. The minimum absolute atomic E-state index is 0.112. The van der Waals surface area contributed by atoms with E-state index < -0.39 is 6.04 Å². The summed E-state index contributed by atoms with van der Waals surface area (Å²) in [6.07, 6.45) is 4.76. The largest absolute Gasteiger partial charge is 0.350 e. The number of rotatable bonds is 4. The van der Waals surface area contributed by atoms with Crippen LogP contribution in [0.5, 0.6) is 0 Å². The Hall–Kier alpha value is -2.28. The number of amides is 3. The van der Waals surface area contributed by atoms with E-state index in [-0.39, 0.29) is 23.3 Å². The number of nitrogens with zero attached hydrogens (tertiary/aromatic N) is 2. The lowest BCUT2D eigenvalue weighted by atomic mass is 10.1. The van der Waals surface area contributed by atoms with Gasteiger partial charge in [-0.1, -0.05) is 12.1 Å². The quantitative estimate of drug-likeness (QED) is 0.788. The minimum atomic E-state index is -0.440. The van der Waals surface area contributed by atoms with Gasteiger partial charge in [0.15, 0.2) is 0 Å². The molecule has 6 nitrogen and oxygen atoms in total. The van der Waals surface area contributed by atoms with Crippen molar-refractivity contribution in [2.24, 2.45) is 0 Å². The number of anilines is 1. The van der Waals surface area contributed by atoms with Gasteiger partial charge in [0.25, 0.3) is 0 Å². The number of benzene rings is 1. The van der Waals surface area contributed by atoms with Crippen molar-refractivity contribution in [3.63, 3.8) is 0 Å². The van der Waals surface area contributed by atoms with E-state index in [1.807, 2.05) is 45.0 Å². The maximum Gasteiger partial charge on any atom is 0.247 e. The zero-order valence-electron chi connectivity index (χ0n) is 16.6. The van der Waals surface area contributed by atoms with E-state index in [1.54, 1.807) is 27.6 Å². The van der Waals surface area contributed by atoms with Gasteiger partial charge >= 0.3 is 0 Å². The molecule has 0 saturated carbocycles. The van der Waals surface area contributed by atoms with Crippen LogP contribution in [0.1, 0.15) is 39.2 Å². The fourth-order valence-electron chi connectivity index (χ4n) is 3.28. The van der Waals surface area contributed by atoms with Crippen LogP contribution in [-0.2, 0) is 14.4 Å². The van der Waals surface area contributed by atoms with Crippen molar-refractivity contribution in [1.29, 1.82) is 0 Å². The Morgan fingerprint density at radius 3 is 2.54 bits per heavy atom. The van der Waals surface area contributed by atoms with Crippen molar-refractivity contribution >= 4 is 41.2 Å². The lowest BCUT2D eigenvalue weighted by Crippen LogP contribution is -2.52. The molecule has 2 aliphatic rings. The van der Waals surface area contributed by atoms with Crippen molar-refractivity contribution in [3.05, 3.63) is 35.9 Å². The normalized spacial score (nSPS) is 20.2. The third kappa shape index (κ3) is 4.95. The molecule has 0 aromatic heterocycles. The van der Waals surface area contributed by atoms with E-state index in [2.05, 4.69) is 5.32 Å². The number of carbonyl (C=O) groups is 3. The fourth-order valence-corrected chi connectivity index (χ4v) is 4.44. The van der Waals surface area contributed by atoms with Crippen molar-refractivity contribution in [2.75, 3.05) is 23.1 Å². The molecule has 2 heterocycles. The number of nitrogens with one attached hydrogen (secondary N) is 1. The Kier molecular flexibility index (Phi) is 6.13. The fraction of sp³-hybridized carbons (Fsp3) is 0.476. The maximum atomic E-state index is 12.6. The molecule has 2 aliphatic heterocycles. The second kappa shape index (κ2) is 8.39. The van der Waals surface area contributed by atoms with Gasteiger partial charge < -0.3 is 15.1 Å². The molecular weight excluding hydrogens is 374 g/mol. The van der Waals surface area contributed by atoms with Crippen LogP contribution in [-0.4, -0.2) is 52.4 Å². The highest BCUT2D eigenvalue weighted by molar-refractivity contribution is 7.99. The highest BCUT2D eigenvalue weighted by Crippen LogP contribution is 2.24. The van der Waals surface area contributed by atoms with Crippen molar-refractivity contribution < 1.29 is 14.4 Å². The second-order valence-electron chi connectivity index (χ2n) is 8.14. The van der Waals surface area contributed by atoms with Crippen LogP contribution in [0.4, 0.5) is 5.69 Å². The van der Waals surface area contributed by atoms with Gasteiger partial charge in [0, 0.05) is 36.0 Å². The molecule has 1 atom stereocenters. The first-order valence-electron chi connectivity index (χ1n) is 9.53.